The standard InChI is InChI=1S/C17H18N4O2/c1-12-10-14(23-20-12)11-15(22)19-16(13-6-4-3-5-7-13)17-18-8-9-21(17)2/h3-10,16H,11H2,1-2H3,(H,19,22)/t16-/m1/s1. The Morgan fingerprint density at radius 3 is 2.74 bits per heavy atom. The van der Waals surface area contributed by atoms with Crippen LogP contribution in [-0.4, -0.2) is 20.6 Å². The molecule has 23 heavy (non-hydrogen) atoms. The Morgan fingerprint density at radius 2 is 2.13 bits per heavy atom. The smallest absolute Gasteiger partial charge is 0.228 e. The number of rotatable bonds is 5. The van der Waals surface area contributed by atoms with Gasteiger partial charge in [-0.1, -0.05) is 35.5 Å². The Balaban J connectivity index is 1.82. The summed E-state index contributed by atoms with van der Waals surface area (Å²) in [6.45, 7) is 1.82. The second-order valence-corrected chi connectivity index (χ2v) is 5.42. The number of aromatic nitrogens is 3. The van der Waals surface area contributed by atoms with Gasteiger partial charge in [0.2, 0.25) is 5.91 Å². The van der Waals surface area contributed by atoms with E-state index in [1.165, 1.54) is 0 Å². The average molecular weight is 310 g/mol. The molecule has 6 heteroatoms. The van der Waals surface area contributed by atoms with Crippen LogP contribution in [0, 0.1) is 6.92 Å². The predicted octanol–water partition coefficient (Wildman–Crippen LogP) is 2.16. The monoisotopic (exact) mass is 310 g/mol. The van der Waals surface area contributed by atoms with Crippen molar-refractivity contribution in [3.8, 4) is 0 Å². The summed E-state index contributed by atoms with van der Waals surface area (Å²) in [7, 11) is 1.91. The van der Waals surface area contributed by atoms with Gasteiger partial charge in [-0.15, -0.1) is 0 Å². The third-order valence-corrected chi connectivity index (χ3v) is 3.57. The average Bonchev–Trinajstić information content (AvgIpc) is 3.14. The molecule has 1 aromatic carbocycles. The van der Waals surface area contributed by atoms with Gasteiger partial charge in [0, 0.05) is 25.5 Å². The van der Waals surface area contributed by atoms with Crippen molar-refractivity contribution in [3.05, 3.63) is 71.6 Å². The van der Waals surface area contributed by atoms with E-state index >= 15 is 0 Å². The molecule has 3 rings (SSSR count). The highest BCUT2D eigenvalue weighted by Gasteiger charge is 2.21. The van der Waals surface area contributed by atoms with E-state index in [1.54, 1.807) is 12.3 Å². The maximum absolute atomic E-state index is 12.4. The van der Waals surface area contributed by atoms with E-state index in [0.29, 0.717) is 5.76 Å². The molecular weight excluding hydrogens is 292 g/mol. The van der Waals surface area contributed by atoms with Gasteiger partial charge < -0.3 is 14.4 Å². The number of carbonyl (C=O) groups excluding carboxylic acids is 1. The van der Waals surface area contributed by atoms with Crippen LogP contribution < -0.4 is 5.32 Å². The number of aryl methyl sites for hydroxylation is 2. The molecule has 0 radical (unpaired) electrons. The zero-order valence-electron chi connectivity index (χ0n) is 13.1. The highest BCUT2D eigenvalue weighted by atomic mass is 16.5. The topological polar surface area (TPSA) is 73.0 Å². The van der Waals surface area contributed by atoms with E-state index in [9.17, 15) is 4.79 Å². The van der Waals surface area contributed by atoms with Gasteiger partial charge in [-0.05, 0) is 12.5 Å². The van der Waals surface area contributed by atoms with Crippen molar-refractivity contribution < 1.29 is 9.32 Å². The number of nitrogens with one attached hydrogen (secondary N) is 1. The van der Waals surface area contributed by atoms with Crippen molar-refractivity contribution in [2.24, 2.45) is 7.05 Å². The summed E-state index contributed by atoms with van der Waals surface area (Å²) in [5.41, 5.74) is 1.74. The van der Waals surface area contributed by atoms with Crippen LogP contribution in [0.5, 0.6) is 0 Å². The van der Waals surface area contributed by atoms with Crippen molar-refractivity contribution in [3.63, 3.8) is 0 Å². The highest BCUT2D eigenvalue weighted by Crippen LogP contribution is 2.20. The van der Waals surface area contributed by atoms with Crippen molar-refractivity contribution in [2.45, 2.75) is 19.4 Å². The first kappa shape index (κ1) is 15.0. The third kappa shape index (κ3) is 3.48. The minimum atomic E-state index is -0.312. The minimum absolute atomic E-state index is 0.141. The van der Waals surface area contributed by atoms with Crippen LogP contribution in [-0.2, 0) is 18.3 Å². The van der Waals surface area contributed by atoms with E-state index in [4.69, 9.17) is 4.52 Å². The molecule has 0 saturated carbocycles. The van der Waals surface area contributed by atoms with E-state index < -0.39 is 0 Å². The largest absolute Gasteiger partial charge is 0.361 e. The number of carbonyl (C=O) groups is 1. The van der Waals surface area contributed by atoms with Crippen molar-refractivity contribution in [2.75, 3.05) is 0 Å². The Labute approximate surface area is 134 Å². The molecule has 3 aromatic rings. The lowest BCUT2D eigenvalue weighted by molar-refractivity contribution is -0.121. The van der Waals surface area contributed by atoms with Gasteiger partial charge in [0.15, 0.2) is 0 Å². The van der Waals surface area contributed by atoms with Crippen LogP contribution >= 0.6 is 0 Å². The molecule has 0 saturated heterocycles. The quantitative estimate of drug-likeness (QED) is 0.784. The van der Waals surface area contributed by atoms with Crippen molar-refractivity contribution in [1.82, 2.24) is 20.0 Å². The second-order valence-electron chi connectivity index (χ2n) is 5.42. The minimum Gasteiger partial charge on any atom is -0.361 e. The molecule has 0 unspecified atom stereocenters. The first-order chi connectivity index (χ1) is 11.1. The van der Waals surface area contributed by atoms with Gasteiger partial charge in [0.05, 0.1) is 12.1 Å². The molecule has 0 aliphatic heterocycles. The molecule has 0 aliphatic carbocycles. The van der Waals surface area contributed by atoms with E-state index in [0.717, 1.165) is 17.1 Å². The van der Waals surface area contributed by atoms with Crippen LogP contribution in [0.4, 0.5) is 0 Å². The lowest BCUT2D eigenvalue weighted by atomic mass is 10.1. The Morgan fingerprint density at radius 1 is 1.35 bits per heavy atom. The van der Waals surface area contributed by atoms with E-state index in [-0.39, 0.29) is 18.4 Å². The number of imidazole rings is 1. The fourth-order valence-corrected chi connectivity index (χ4v) is 2.47. The lowest BCUT2D eigenvalue weighted by Gasteiger charge is -2.18. The van der Waals surface area contributed by atoms with Crippen molar-refractivity contribution in [1.29, 1.82) is 0 Å². The fraction of sp³-hybridized carbons (Fsp3) is 0.235. The maximum Gasteiger partial charge on any atom is 0.228 e. The SMILES string of the molecule is Cc1cc(CC(=O)N[C@H](c2ccccc2)c2nccn2C)on1. The molecule has 0 spiro atoms. The van der Waals surface area contributed by atoms with Gasteiger partial charge in [-0.25, -0.2) is 4.98 Å². The Kier molecular flexibility index (Phi) is 4.23. The molecular formula is C17H18N4O2. The Hall–Kier alpha value is -2.89. The molecule has 1 N–H and O–H groups in total. The molecule has 118 valence electrons. The molecule has 2 heterocycles. The summed E-state index contributed by atoms with van der Waals surface area (Å²) in [6.07, 6.45) is 3.73. The summed E-state index contributed by atoms with van der Waals surface area (Å²) in [5, 5.41) is 6.82. The Bertz CT molecular complexity index is 792. The third-order valence-electron chi connectivity index (χ3n) is 3.57. The molecule has 0 fully saturated rings. The van der Waals surface area contributed by atoms with Gasteiger partial charge in [-0.2, -0.15) is 0 Å². The summed E-state index contributed by atoms with van der Waals surface area (Å²) < 4.78 is 7.00. The first-order valence-corrected chi connectivity index (χ1v) is 7.37. The van der Waals surface area contributed by atoms with E-state index in [1.807, 2.05) is 55.1 Å². The second kappa shape index (κ2) is 6.48. The van der Waals surface area contributed by atoms with Gasteiger partial charge in [0.1, 0.15) is 17.6 Å². The van der Waals surface area contributed by atoms with Gasteiger partial charge in [0.25, 0.3) is 0 Å². The molecule has 2 aromatic heterocycles. The summed E-state index contributed by atoms with van der Waals surface area (Å²) in [5.74, 6) is 1.18. The number of nitrogens with zero attached hydrogens (tertiary/aromatic N) is 3. The predicted molar refractivity (Wildman–Crippen MR) is 84.6 cm³/mol. The maximum atomic E-state index is 12.4. The zero-order chi connectivity index (χ0) is 16.2. The zero-order valence-corrected chi connectivity index (χ0v) is 13.1. The highest BCUT2D eigenvalue weighted by molar-refractivity contribution is 5.78. The van der Waals surface area contributed by atoms with Crippen LogP contribution in [0.3, 0.4) is 0 Å². The summed E-state index contributed by atoms with van der Waals surface area (Å²) in [6, 6.07) is 11.2. The molecule has 1 atom stereocenters. The number of benzene rings is 1. The number of hydrogen-bond acceptors (Lipinski definition) is 4. The van der Waals surface area contributed by atoms with Crippen molar-refractivity contribution >= 4 is 5.91 Å². The fourth-order valence-electron chi connectivity index (χ4n) is 2.47. The van der Waals surface area contributed by atoms with E-state index in [2.05, 4.69) is 15.5 Å². The molecule has 0 bridgehead atoms. The molecule has 1 amide bonds. The van der Waals surface area contributed by atoms with Crippen LogP contribution in [0.1, 0.15) is 28.9 Å². The number of amides is 1. The molecule has 6 nitrogen and oxygen atoms in total. The molecule has 0 aliphatic rings. The normalized spacial score (nSPS) is 12.1. The van der Waals surface area contributed by atoms with Crippen LogP contribution in [0.15, 0.2) is 53.3 Å². The summed E-state index contributed by atoms with van der Waals surface area (Å²) in [4.78, 5) is 16.7. The van der Waals surface area contributed by atoms with Crippen LogP contribution in [0.2, 0.25) is 0 Å². The summed E-state index contributed by atoms with van der Waals surface area (Å²) >= 11 is 0. The van der Waals surface area contributed by atoms with Crippen LogP contribution in [0.25, 0.3) is 0 Å². The van der Waals surface area contributed by atoms with Gasteiger partial charge in [-0.3, -0.25) is 4.79 Å². The first-order valence-electron chi connectivity index (χ1n) is 7.37. The lowest BCUT2D eigenvalue weighted by Crippen LogP contribution is -2.32. The number of hydrogen-bond donors (Lipinski definition) is 1. The van der Waals surface area contributed by atoms with Gasteiger partial charge >= 0.3 is 0 Å².